The van der Waals surface area contributed by atoms with Crippen LogP contribution < -0.4 is 10.1 Å². The smallest absolute Gasteiger partial charge is 0.261 e. The van der Waals surface area contributed by atoms with Crippen molar-refractivity contribution in [3.05, 3.63) is 63.6 Å². The Morgan fingerprint density at radius 1 is 1.17 bits per heavy atom. The second-order valence-corrected chi connectivity index (χ2v) is 8.14. The van der Waals surface area contributed by atoms with Crippen LogP contribution in [0.1, 0.15) is 30.9 Å². The van der Waals surface area contributed by atoms with E-state index in [1.807, 2.05) is 12.1 Å². The van der Waals surface area contributed by atoms with Gasteiger partial charge >= 0.3 is 0 Å². The first-order chi connectivity index (χ1) is 13.9. The number of hydrogen-bond donors (Lipinski definition) is 2. The van der Waals surface area contributed by atoms with Crippen molar-refractivity contribution in [2.75, 3.05) is 13.1 Å². The van der Waals surface area contributed by atoms with Crippen molar-refractivity contribution in [1.82, 2.24) is 10.2 Å². The Balaban J connectivity index is 1.46. The number of aliphatic hydroxyl groups is 1. The minimum atomic E-state index is -0.695. The van der Waals surface area contributed by atoms with Crippen molar-refractivity contribution in [3.8, 4) is 5.75 Å². The highest BCUT2D eigenvalue weighted by Crippen LogP contribution is 2.32. The number of hydrogen-bond acceptors (Lipinski definition) is 4. The SMILES string of the molecule is CC(Oc1cccc(Cl)c1Cl)C(=O)NCc1ccc(CN2CCC(O)CC2)cc1. The highest BCUT2D eigenvalue weighted by Gasteiger charge is 2.18. The molecule has 0 aliphatic carbocycles. The first kappa shape index (κ1) is 21.9. The molecule has 1 amide bonds. The van der Waals surface area contributed by atoms with Crippen LogP contribution in [0.3, 0.4) is 0 Å². The van der Waals surface area contributed by atoms with Crippen LogP contribution in [0.25, 0.3) is 0 Å². The summed E-state index contributed by atoms with van der Waals surface area (Å²) in [7, 11) is 0. The third-order valence-electron chi connectivity index (χ3n) is 5.04. The zero-order chi connectivity index (χ0) is 20.8. The van der Waals surface area contributed by atoms with Gasteiger partial charge in [-0.05, 0) is 43.0 Å². The molecule has 0 aromatic heterocycles. The number of carbonyl (C=O) groups excluding carboxylic acids is 1. The number of nitrogens with one attached hydrogen (secondary N) is 1. The van der Waals surface area contributed by atoms with Gasteiger partial charge in [-0.2, -0.15) is 0 Å². The number of benzene rings is 2. The summed E-state index contributed by atoms with van der Waals surface area (Å²) in [5.41, 5.74) is 2.24. The van der Waals surface area contributed by atoms with Crippen molar-refractivity contribution < 1.29 is 14.6 Å². The van der Waals surface area contributed by atoms with E-state index in [0.717, 1.165) is 38.0 Å². The van der Waals surface area contributed by atoms with Gasteiger partial charge < -0.3 is 15.2 Å². The Labute approximate surface area is 181 Å². The van der Waals surface area contributed by atoms with Crippen molar-refractivity contribution in [2.45, 2.75) is 45.1 Å². The van der Waals surface area contributed by atoms with E-state index in [1.54, 1.807) is 25.1 Å². The van der Waals surface area contributed by atoms with Crippen LogP contribution in [0, 0.1) is 0 Å². The average molecular weight is 437 g/mol. The quantitative estimate of drug-likeness (QED) is 0.687. The summed E-state index contributed by atoms with van der Waals surface area (Å²) in [6, 6.07) is 13.3. The van der Waals surface area contributed by atoms with Gasteiger partial charge in [0.1, 0.15) is 10.8 Å². The van der Waals surface area contributed by atoms with Crippen LogP contribution in [-0.2, 0) is 17.9 Å². The summed E-state index contributed by atoms with van der Waals surface area (Å²) in [4.78, 5) is 14.7. The van der Waals surface area contributed by atoms with Gasteiger partial charge in [0.2, 0.25) is 0 Å². The maximum Gasteiger partial charge on any atom is 0.261 e. The van der Waals surface area contributed by atoms with Gasteiger partial charge in [-0.3, -0.25) is 9.69 Å². The molecule has 5 nitrogen and oxygen atoms in total. The first-order valence-electron chi connectivity index (χ1n) is 9.79. The number of aliphatic hydroxyl groups excluding tert-OH is 1. The fourth-order valence-electron chi connectivity index (χ4n) is 3.25. The summed E-state index contributed by atoms with van der Waals surface area (Å²) < 4.78 is 5.64. The van der Waals surface area contributed by atoms with E-state index in [1.165, 1.54) is 5.56 Å². The highest BCUT2D eigenvalue weighted by molar-refractivity contribution is 6.42. The molecular formula is C22H26Cl2N2O3. The Morgan fingerprint density at radius 3 is 2.52 bits per heavy atom. The normalized spacial score (nSPS) is 16.4. The third-order valence-corrected chi connectivity index (χ3v) is 5.84. The lowest BCUT2D eigenvalue weighted by Crippen LogP contribution is -2.36. The number of likely N-dealkylation sites (tertiary alicyclic amines) is 1. The second kappa shape index (κ2) is 10.3. The molecule has 1 aliphatic heterocycles. The highest BCUT2D eigenvalue weighted by atomic mass is 35.5. The Kier molecular flexibility index (Phi) is 7.78. The third kappa shape index (κ3) is 6.34. The number of carbonyl (C=O) groups is 1. The molecule has 2 aromatic carbocycles. The van der Waals surface area contributed by atoms with Crippen LogP contribution in [0.15, 0.2) is 42.5 Å². The van der Waals surface area contributed by atoms with Gasteiger partial charge in [0.05, 0.1) is 11.1 Å². The van der Waals surface area contributed by atoms with Crippen LogP contribution in [0.5, 0.6) is 5.75 Å². The molecule has 156 valence electrons. The lowest BCUT2D eigenvalue weighted by atomic mass is 10.1. The van der Waals surface area contributed by atoms with Gasteiger partial charge in [0.25, 0.3) is 5.91 Å². The number of nitrogens with zero attached hydrogens (tertiary/aromatic N) is 1. The maximum absolute atomic E-state index is 12.3. The number of piperidine rings is 1. The maximum atomic E-state index is 12.3. The number of rotatable bonds is 7. The summed E-state index contributed by atoms with van der Waals surface area (Å²) in [5.74, 6) is 0.161. The summed E-state index contributed by atoms with van der Waals surface area (Å²) in [6.45, 7) is 4.82. The minimum Gasteiger partial charge on any atom is -0.479 e. The molecule has 1 atom stereocenters. The first-order valence-corrected chi connectivity index (χ1v) is 10.5. The van der Waals surface area contributed by atoms with Crippen molar-refractivity contribution >= 4 is 29.1 Å². The van der Waals surface area contributed by atoms with Gasteiger partial charge in [-0.15, -0.1) is 0 Å². The standard InChI is InChI=1S/C22H26Cl2N2O3/c1-15(29-20-4-2-3-19(23)21(20)24)22(28)25-13-16-5-7-17(8-6-16)14-26-11-9-18(27)10-12-26/h2-8,15,18,27H,9-14H2,1H3,(H,25,28). The second-order valence-electron chi connectivity index (χ2n) is 7.35. The van der Waals surface area contributed by atoms with E-state index in [4.69, 9.17) is 27.9 Å². The molecule has 7 heteroatoms. The van der Waals surface area contributed by atoms with E-state index in [9.17, 15) is 9.90 Å². The molecule has 0 saturated carbocycles. The van der Waals surface area contributed by atoms with E-state index < -0.39 is 6.10 Å². The van der Waals surface area contributed by atoms with Crippen LogP contribution in [-0.4, -0.2) is 41.2 Å². The number of ether oxygens (including phenoxy) is 1. The zero-order valence-electron chi connectivity index (χ0n) is 16.4. The van der Waals surface area contributed by atoms with Crippen molar-refractivity contribution in [3.63, 3.8) is 0 Å². The summed E-state index contributed by atoms with van der Waals surface area (Å²) in [5, 5.41) is 13.2. The lowest BCUT2D eigenvalue weighted by Gasteiger charge is -2.29. The topological polar surface area (TPSA) is 61.8 Å². The van der Waals surface area contributed by atoms with Gasteiger partial charge in [-0.1, -0.05) is 53.5 Å². The van der Waals surface area contributed by atoms with E-state index in [-0.39, 0.29) is 12.0 Å². The minimum absolute atomic E-state index is 0.154. The molecule has 1 unspecified atom stereocenters. The monoisotopic (exact) mass is 436 g/mol. The number of halogens is 2. The van der Waals surface area contributed by atoms with E-state index >= 15 is 0 Å². The molecule has 0 bridgehead atoms. The molecule has 1 heterocycles. The number of amides is 1. The Hall–Kier alpha value is -1.79. The van der Waals surface area contributed by atoms with Crippen molar-refractivity contribution in [2.24, 2.45) is 0 Å². The molecule has 0 spiro atoms. The van der Waals surface area contributed by atoms with Gasteiger partial charge in [0, 0.05) is 26.2 Å². The molecule has 2 aromatic rings. The van der Waals surface area contributed by atoms with E-state index in [0.29, 0.717) is 22.3 Å². The molecule has 1 fully saturated rings. The molecule has 1 aliphatic rings. The van der Waals surface area contributed by atoms with Gasteiger partial charge in [-0.25, -0.2) is 0 Å². The Morgan fingerprint density at radius 2 is 1.83 bits per heavy atom. The van der Waals surface area contributed by atoms with Crippen LogP contribution in [0.2, 0.25) is 10.0 Å². The predicted octanol–water partition coefficient (Wildman–Crippen LogP) is 4.03. The largest absolute Gasteiger partial charge is 0.479 e. The molecule has 0 radical (unpaired) electrons. The van der Waals surface area contributed by atoms with Crippen LogP contribution >= 0.6 is 23.2 Å². The molecule has 1 saturated heterocycles. The molecule has 29 heavy (non-hydrogen) atoms. The molecule has 3 rings (SSSR count). The fourth-order valence-corrected chi connectivity index (χ4v) is 3.59. The fraction of sp³-hybridized carbons (Fsp3) is 0.409. The zero-order valence-corrected chi connectivity index (χ0v) is 17.9. The predicted molar refractivity (Wildman–Crippen MR) is 115 cm³/mol. The van der Waals surface area contributed by atoms with Gasteiger partial charge in [0.15, 0.2) is 6.10 Å². The Bertz CT molecular complexity index is 821. The molecular weight excluding hydrogens is 411 g/mol. The van der Waals surface area contributed by atoms with Crippen LogP contribution in [0.4, 0.5) is 0 Å². The molecule has 2 N–H and O–H groups in total. The van der Waals surface area contributed by atoms with E-state index in [2.05, 4.69) is 22.3 Å². The lowest BCUT2D eigenvalue weighted by molar-refractivity contribution is -0.127. The summed E-state index contributed by atoms with van der Waals surface area (Å²) >= 11 is 12.1. The van der Waals surface area contributed by atoms with Crippen molar-refractivity contribution in [1.29, 1.82) is 0 Å². The summed E-state index contributed by atoms with van der Waals surface area (Å²) in [6.07, 6.45) is 0.827. The average Bonchev–Trinajstić information content (AvgIpc) is 2.72.